The number of amides is 4. The van der Waals surface area contributed by atoms with Crippen LogP contribution >= 0.6 is 0 Å². The number of rotatable bonds is 6. The van der Waals surface area contributed by atoms with E-state index in [1.165, 1.54) is 30.5 Å². The minimum Gasteiger partial charge on any atom is -0.459 e. The third-order valence-electron chi connectivity index (χ3n) is 3.78. The van der Waals surface area contributed by atoms with Crippen molar-refractivity contribution in [1.82, 2.24) is 10.2 Å². The molecule has 0 saturated carbocycles. The Morgan fingerprint density at radius 1 is 1.00 bits per heavy atom. The molecule has 0 unspecified atom stereocenters. The van der Waals surface area contributed by atoms with E-state index in [9.17, 15) is 24.0 Å². The van der Waals surface area contributed by atoms with Gasteiger partial charge in [-0.2, -0.15) is 0 Å². The number of hydrogen-bond acceptors (Lipinski definition) is 7. The predicted molar refractivity (Wildman–Crippen MR) is 88.6 cm³/mol. The Morgan fingerprint density at radius 2 is 1.67 bits per heavy atom. The molecule has 0 spiro atoms. The highest BCUT2D eigenvalue weighted by molar-refractivity contribution is 6.21. The Morgan fingerprint density at radius 3 is 2.26 bits per heavy atom. The third-order valence-corrected chi connectivity index (χ3v) is 3.78. The molecule has 0 aliphatic carbocycles. The predicted octanol–water partition coefficient (Wildman–Crippen LogP) is 0.765. The Kier molecular flexibility index (Phi) is 5.11. The summed E-state index contributed by atoms with van der Waals surface area (Å²) in [5.74, 6) is -3.39. The van der Waals surface area contributed by atoms with E-state index in [-0.39, 0.29) is 29.9 Å². The molecule has 0 radical (unpaired) electrons. The minimum absolute atomic E-state index is 0.0553. The van der Waals surface area contributed by atoms with Gasteiger partial charge in [0.1, 0.15) is 0 Å². The van der Waals surface area contributed by atoms with E-state index in [2.05, 4.69) is 0 Å². The van der Waals surface area contributed by atoms with Crippen LogP contribution in [-0.4, -0.2) is 47.6 Å². The van der Waals surface area contributed by atoms with Crippen molar-refractivity contribution in [3.05, 3.63) is 59.5 Å². The average Bonchev–Trinajstić information content (AvgIpc) is 3.28. The highest BCUT2D eigenvalue weighted by Crippen LogP contribution is 2.22. The number of imide groups is 2. The number of benzene rings is 1. The Hall–Kier alpha value is -3.75. The van der Waals surface area contributed by atoms with Crippen LogP contribution in [0.3, 0.4) is 0 Å². The van der Waals surface area contributed by atoms with Crippen LogP contribution in [0.15, 0.2) is 47.1 Å². The molecule has 1 aliphatic heterocycles. The van der Waals surface area contributed by atoms with Gasteiger partial charge in [0, 0.05) is 6.54 Å². The summed E-state index contributed by atoms with van der Waals surface area (Å²) in [7, 11) is 0. The van der Waals surface area contributed by atoms with Crippen LogP contribution in [-0.2, 0) is 14.3 Å². The van der Waals surface area contributed by atoms with Gasteiger partial charge in [0.15, 0.2) is 12.4 Å². The number of carbonyl (C=O) groups excluding carboxylic acids is 5. The summed E-state index contributed by atoms with van der Waals surface area (Å²) in [6.07, 6.45) is 1.00. The topological polar surface area (TPSA) is 123 Å². The molecule has 1 N–H and O–H groups in total. The molecule has 0 saturated heterocycles. The summed E-state index contributed by atoms with van der Waals surface area (Å²) in [6.45, 7) is -0.842. The fraction of sp³-hybridized carbons (Fsp3) is 0.167. The summed E-state index contributed by atoms with van der Waals surface area (Å²) in [6, 6.07) is 9.21. The molecule has 9 nitrogen and oxygen atoms in total. The molecule has 0 atom stereocenters. The zero-order chi connectivity index (χ0) is 19.4. The molecule has 1 aromatic heterocycles. The van der Waals surface area contributed by atoms with Gasteiger partial charge < -0.3 is 9.15 Å². The van der Waals surface area contributed by atoms with Gasteiger partial charge in [0.05, 0.1) is 23.8 Å². The molecule has 1 aliphatic rings. The Balaban J connectivity index is 1.44. The molecule has 3 rings (SSSR count). The number of nitrogens with zero attached hydrogens (tertiary/aromatic N) is 1. The third kappa shape index (κ3) is 3.92. The Labute approximate surface area is 152 Å². The molecule has 4 amide bonds. The van der Waals surface area contributed by atoms with Crippen molar-refractivity contribution in [1.29, 1.82) is 0 Å². The SMILES string of the molecule is O=C(COC(=O)CCN1C(=O)c2ccccc2C1=O)NC(=O)c1ccco1. The van der Waals surface area contributed by atoms with Crippen LogP contribution in [0.1, 0.15) is 37.7 Å². The van der Waals surface area contributed by atoms with Crippen molar-refractivity contribution >= 4 is 29.6 Å². The first-order chi connectivity index (χ1) is 13.0. The molecule has 9 heteroatoms. The van der Waals surface area contributed by atoms with Gasteiger partial charge in [-0.3, -0.25) is 34.2 Å². The van der Waals surface area contributed by atoms with E-state index in [0.717, 1.165) is 4.90 Å². The summed E-state index contributed by atoms with van der Waals surface area (Å²) in [5.41, 5.74) is 0.568. The summed E-state index contributed by atoms with van der Waals surface area (Å²) >= 11 is 0. The lowest BCUT2D eigenvalue weighted by Crippen LogP contribution is -2.35. The number of fused-ring (bicyclic) bond motifs is 1. The van der Waals surface area contributed by atoms with Crippen LogP contribution in [0.2, 0.25) is 0 Å². The number of esters is 1. The van der Waals surface area contributed by atoms with Gasteiger partial charge in [0.2, 0.25) is 0 Å². The van der Waals surface area contributed by atoms with Crippen molar-refractivity contribution in [3.63, 3.8) is 0 Å². The van der Waals surface area contributed by atoms with Crippen LogP contribution < -0.4 is 5.32 Å². The van der Waals surface area contributed by atoms with Crippen molar-refractivity contribution in [2.24, 2.45) is 0 Å². The van der Waals surface area contributed by atoms with Crippen LogP contribution in [0, 0.1) is 0 Å². The maximum atomic E-state index is 12.2. The molecule has 138 valence electrons. The first-order valence-corrected chi connectivity index (χ1v) is 7.96. The van der Waals surface area contributed by atoms with Crippen molar-refractivity contribution in [2.45, 2.75) is 6.42 Å². The zero-order valence-electron chi connectivity index (χ0n) is 14.0. The minimum atomic E-state index is -0.828. The van der Waals surface area contributed by atoms with Gasteiger partial charge >= 0.3 is 5.97 Å². The number of hydrogen-bond donors (Lipinski definition) is 1. The van der Waals surface area contributed by atoms with E-state index in [0.29, 0.717) is 0 Å². The van der Waals surface area contributed by atoms with Crippen molar-refractivity contribution in [2.75, 3.05) is 13.2 Å². The van der Waals surface area contributed by atoms with Crippen LogP contribution in [0.25, 0.3) is 0 Å². The van der Waals surface area contributed by atoms with Crippen molar-refractivity contribution < 1.29 is 33.1 Å². The molecule has 2 heterocycles. The fourth-order valence-corrected chi connectivity index (χ4v) is 2.50. The molecule has 1 aromatic carbocycles. The highest BCUT2D eigenvalue weighted by atomic mass is 16.5. The normalized spacial score (nSPS) is 12.7. The largest absolute Gasteiger partial charge is 0.459 e. The second-order valence-electron chi connectivity index (χ2n) is 5.57. The maximum absolute atomic E-state index is 12.2. The molecule has 2 aromatic rings. The van der Waals surface area contributed by atoms with Gasteiger partial charge in [-0.1, -0.05) is 12.1 Å². The highest BCUT2D eigenvalue weighted by Gasteiger charge is 2.35. The van der Waals surface area contributed by atoms with E-state index in [1.807, 2.05) is 5.32 Å². The maximum Gasteiger partial charge on any atom is 0.308 e. The number of ether oxygens (including phenoxy) is 1. The standard InChI is InChI=1S/C18H14N2O7/c21-14(19-16(23)13-6-3-9-26-13)10-27-15(22)7-8-20-17(24)11-4-1-2-5-12(11)18(20)25/h1-6,9H,7-8,10H2,(H,19,21,23). The molecule has 27 heavy (non-hydrogen) atoms. The molecule has 0 bridgehead atoms. The quantitative estimate of drug-likeness (QED) is 0.588. The lowest BCUT2D eigenvalue weighted by Gasteiger charge is -2.13. The number of furan rings is 1. The van der Waals surface area contributed by atoms with E-state index < -0.39 is 36.2 Å². The smallest absolute Gasteiger partial charge is 0.308 e. The van der Waals surface area contributed by atoms with Gasteiger partial charge in [-0.05, 0) is 24.3 Å². The first-order valence-electron chi connectivity index (χ1n) is 7.96. The molecule has 0 fully saturated rings. The van der Waals surface area contributed by atoms with E-state index in [4.69, 9.17) is 9.15 Å². The fourth-order valence-electron chi connectivity index (χ4n) is 2.50. The summed E-state index contributed by atoms with van der Waals surface area (Å²) in [4.78, 5) is 60.2. The summed E-state index contributed by atoms with van der Waals surface area (Å²) in [5, 5.41) is 1.99. The van der Waals surface area contributed by atoms with Crippen molar-refractivity contribution in [3.8, 4) is 0 Å². The van der Waals surface area contributed by atoms with Gasteiger partial charge in [0.25, 0.3) is 23.6 Å². The van der Waals surface area contributed by atoms with Crippen LogP contribution in [0.5, 0.6) is 0 Å². The van der Waals surface area contributed by atoms with Gasteiger partial charge in [-0.25, -0.2) is 0 Å². The van der Waals surface area contributed by atoms with Gasteiger partial charge in [-0.15, -0.1) is 0 Å². The summed E-state index contributed by atoms with van der Waals surface area (Å²) < 4.78 is 9.57. The lowest BCUT2D eigenvalue weighted by atomic mass is 10.1. The van der Waals surface area contributed by atoms with E-state index in [1.54, 1.807) is 12.1 Å². The lowest BCUT2D eigenvalue weighted by molar-refractivity contribution is -0.148. The zero-order valence-corrected chi connectivity index (χ0v) is 14.0. The monoisotopic (exact) mass is 370 g/mol. The average molecular weight is 370 g/mol. The Bertz CT molecular complexity index is 883. The molecular weight excluding hydrogens is 356 g/mol. The second kappa shape index (κ2) is 7.65. The first kappa shape index (κ1) is 18.1. The van der Waals surface area contributed by atoms with E-state index >= 15 is 0 Å². The van der Waals surface area contributed by atoms with Crippen LogP contribution in [0.4, 0.5) is 0 Å². The number of nitrogens with one attached hydrogen (secondary N) is 1. The molecular formula is C18H14N2O7. The number of carbonyl (C=O) groups is 5. The second-order valence-corrected chi connectivity index (χ2v) is 5.57.